The maximum atomic E-state index is 13.4. The van der Waals surface area contributed by atoms with Crippen molar-refractivity contribution < 1.29 is 14.0 Å². The van der Waals surface area contributed by atoms with E-state index in [1.54, 1.807) is 23.1 Å². The summed E-state index contributed by atoms with van der Waals surface area (Å²) in [7, 11) is 0. The van der Waals surface area contributed by atoms with Crippen LogP contribution in [0.1, 0.15) is 31.2 Å². The molecule has 3 N–H and O–H groups in total. The lowest BCUT2D eigenvalue weighted by atomic mass is 10.1. The van der Waals surface area contributed by atoms with Crippen LogP contribution >= 0.6 is 0 Å². The van der Waals surface area contributed by atoms with E-state index in [9.17, 15) is 14.0 Å². The van der Waals surface area contributed by atoms with Gasteiger partial charge in [0.2, 0.25) is 11.8 Å². The van der Waals surface area contributed by atoms with E-state index in [0.717, 1.165) is 12.8 Å². The maximum absolute atomic E-state index is 13.4. The minimum absolute atomic E-state index is 0.0204. The fraction of sp³-hybridized carbons (Fsp3) is 0.500. The summed E-state index contributed by atoms with van der Waals surface area (Å²) in [6.07, 6.45) is 1.92. The van der Waals surface area contributed by atoms with Crippen molar-refractivity contribution in [1.82, 2.24) is 10.2 Å². The van der Waals surface area contributed by atoms with Gasteiger partial charge in [-0.3, -0.25) is 9.59 Å². The molecule has 0 spiro atoms. The Balaban J connectivity index is 1.69. The van der Waals surface area contributed by atoms with Gasteiger partial charge in [-0.15, -0.1) is 0 Å². The quantitative estimate of drug-likeness (QED) is 0.857. The van der Waals surface area contributed by atoms with E-state index >= 15 is 0 Å². The highest BCUT2D eigenvalue weighted by Crippen LogP contribution is 2.10. The molecular weight excluding hydrogens is 285 g/mol. The van der Waals surface area contributed by atoms with Crippen LogP contribution in [-0.4, -0.2) is 35.8 Å². The number of nitrogens with zero attached hydrogens (tertiary/aromatic N) is 1. The van der Waals surface area contributed by atoms with Gasteiger partial charge in [0.05, 0.1) is 0 Å². The summed E-state index contributed by atoms with van der Waals surface area (Å²) in [5, 5.41) is 2.64. The maximum Gasteiger partial charge on any atom is 0.223 e. The number of hydrogen-bond donors (Lipinski definition) is 2. The fourth-order valence-electron chi connectivity index (χ4n) is 2.45. The molecule has 1 saturated heterocycles. The third-order valence-electron chi connectivity index (χ3n) is 3.89. The van der Waals surface area contributed by atoms with Gasteiger partial charge in [0, 0.05) is 44.1 Å². The van der Waals surface area contributed by atoms with E-state index < -0.39 is 0 Å². The molecule has 1 aromatic rings. The highest BCUT2D eigenvalue weighted by atomic mass is 19.1. The normalized spacial score (nSPS) is 15.6. The van der Waals surface area contributed by atoms with Crippen LogP contribution in [0.15, 0.2) is 24.3 Å². The van der Waals surface area contributed by atoms with Crippen LogP contribution in [-0.2, 0) is 16.1 Å². The third-order valence-corrected chi connectivity index (χ3v) is 3.89. The highest BCUT2D eigenvalue weighted by molar-refractivity contribution is 5.83. The van der Waals surface area contributed by atoms with Gasteiger partial charge in [-0.25, -0.2) is 4.39 Å². The van der Waals surface area contributed by atoms with Crippen molar-refractivity contribution in [3.63, 3.8) is 0 Å². The average Bonchev–Trinajstić information content (AvgIpc) is 2.52. The number of likely N-dealkylation sites (tertiary alicyclic amines) is 1. The first kappa shape index (κ1) is 16.4. The minimum atomic E-state index is -0.344. The Hall–Kier alpha value is -1.95. The molecule has 0 atom stereocenters. The largest absolute Gasteiger partial charge is 0.352 e. The zero-order valence-corrected chi connectivity index (χ0v) is 12.6. The molecule has 2 amide bonds. The second-order valence-corrected chi connectivity index (χ2v) is 5.59. The second-order valence-electron chi connectivity index (χ2n) is 5.59. The number of rotatable bonds is 5. The standard InChI is InChI=1S/C16H22FN3O2/c17-14-4-2-1-3-12(14)11-19-15(21)5-6-16(22)20-9-7-13(18)8-10-20/h1-4,13H,5-11,18H2,(H,19,21). The predicted molar refractivity (Wildman–Crippen MR) is 81.3 cm³/mol. The van der Waals surface area contributed by atoms with Crippen molar-refractivity contribution >= 4 is 11.8 Å². The van der Waals surface area contributed by atoms with Gasteiger partial charge in [-0.05, 0) is 18.9 Å². The number of carbonyl (C=O) groups is 2. The average molecular weight is 307 g/mol. The summed E-state index contributed by atoms with van der Waals surface area (Å²) in [4.78, 5) is 25.5. The monoisotopic (exact) mass is 307 g/mol. The lowest BCUT2D eigenvalue weighted by molar-refractivity contribution is -0.134. The lowest BCUT2D eigenvalue weighted by Gasteiger charge is -2.30. The molecule has 0 aliphatic carbocycles. The third kappa shape index (κ3) is 4.80. The van der Waals surface area contributed by atoms with Gasteiger partial charge in [-0.1, -0.05) is 18.2 Å². The highest BCUT2D eigenvalue weighted by Gasteiger charge is 2.20. The van der Waals surface area contributed by atoms with Gasteiger partial charge in [0.1, 0.15) is 5.82 Å². The number of nitrogens with two attached hydrogens (primary N) is 1. The SMILES string of the molecule is NC1CCN(C(=O)CCC(=O)NCc2ccccc2F)CC1. The fourth-order valence-corrected chi connectivity index (χ4v) is 2.45. The summed E-state index contributed by atoms with van der Waals surface area (Å²) < 4.78 is 13.4. The molecule has 0 bridgehead atoms. The molecule has 1 aliphatic heterocycles. The Morgan fingerprint density at radius 2 is 1.91 bits per heavy atom. The first-order chi connectivity index (χ1) is 10.6. The Morgan fingerprint density at radius 3 is 2.59 bits per heavy atom. The van der Waals surface area contributed by atoms with Crippen molar-refractivity contribution in [1.29, 1.82) is 0 Å². The van der Waals surface area contributed by atoms with Crippen molar-refractivity contribution in [2.24, 2.45) is 5.73 Å². The van der Waals surface area contributed by atoms with Crippen LogP contribution in [0.2, 0.25) is 0 Å². The Bertz CT molecular complexity index is 528. The molecule has 1 aromatic carbocycles. The van der Waals surface area contributed by atoms with Crippen molar-refractivity contribution in [3.8, 4) is 0 Å². The molecule has 0 saturated carbocycles. The van der Waals surface area contributed by atoms with Crippen LogP contribution in [0.25, 0.3) is 0 Å². The van der Waals surface area contributed by atoms with E-state index in [4.69, 9.17) is 5.73 Å². The lowest BCUT2D eigenvalue weighted by Crippen LogP contribution is -2.43. The van der Waals surface area contributed by atoms with Crippen LogP contribution in [0.3, 0.4) is 0 Å². The predicted octanol–water partition coefficient (Wildman–Crippen LogP) is 1.17. The van der Waals surface area contributed by atoms with Crippen LogP contribution in [0.5, 0.6) is 0 Å². The molecule has 0 aromatic heterocycles. The molecule has 120 valence electrons. The number of hydrogen-bond acceptors (Lipinski definition) is 3. The number of amides is 2. The molecular formula is C16H22FN3O2. The van der Waals surface area contributed by atoms with E-state index in [0.29, 0.717) is 18.7 Å². The number of nitrogens with one attached hydrogen (secondary N) is 1. The molecule has 5 nitrogen and oxygen atoms in total. The molecule has 22 heavy (non-hydrogen) atoms. The zero-order chi connectivity index (χ0) is 15.9. The molecule has 1 fully saturated rings. The molecule has 0 unspecified atom stereocenters. The Morgan fingerprint density at radius 1 is 1.23 bits per heavy atom. The molecule has 0 radical (unpaired) electrons. The van der Waals surface area contributed by atoms with E-state index in [1.165, 1.54) is 6.07 Å². The smallest absolute Gasteiger partial charge is 0.223 e. The van der Waals surface area contributed by atoms with Crippen LogP contribution in [0, 0.1) is 5.82 Å². The summed E-state index contributed by atoms with van der Waals surface area (Å²) in [6, 6.07) is 6.47. The van der Waals surface area contributed by atoms with Crippen molar-refractivity contribution in [2.75, 3.05) is 13.1 Å². The summed E-state index contributed by atoms with van der Waals surface area (Å²) in [5.74, 6) is -0.609. The molecule has 1 heterocycles. The molecule has 1 aliphatic rings. The van der Waals surface area contributed by atoms with E-state index in [2.05, 4.69) is 5.32 Å². The van der Waals surface area contributed by atoms with Crippen LogP contribution in [0.4, 0.5) is 4.39 Å². The summed E-state index contributed by atoms with van der Waals surface area (Å²) in [6.45, 7) is 1.46. The van der Waals surface area contributed by atoms with Crippen molar-refractivity contribution in [3.05, 3.63) is 35.6 Å². The number of piperidine rings is 1. The van der Waals surface area contributed by atoms with Gasteiger partial charge in [0.25, 0.3) is 0 Å². The van der Waals surface area contributed by atoms with Gasteiger partial charge in [0.15, 0.2) is 0 Å². The second kappa shape index (κ2) is 7.89. The van der Waals surface area contributed by atoms with Gasteiger partial charge < -0.3 is 16.0 Å². The zero-order valence-electron chi connectivity index (χ0n) is 12.6. The topological polar surface area (TPSA) is 75.4 Å². The summed E-state index contributed by atoms with van der Waals surface area (Å²) in [5.41, 5.74) is 6.23. The minimum Gasteiger partial charge on any atom is -0.352 e. The number of benzene rings is 1. The Labute approximate surface area is 129 Å². The van der Waals surface area contributed by atoms with Crippen molar-refractivity contribution in [2.45, 2.75) is 38.3 Å². The Kier molecular flexibility index (Phi) is 5.89. The van der Waals surface area contributed by atoms with Crippen LogP contribution < -0.4 is 11.1 Å². The molecule has 2 rings (SSSR count). The first-order valence-corrected chi connectivity index (χ1v) is 7.59. The van der Waals surface area contributed by atoms with Gasteiger partial charge >= 0.3 is 0 Å². The first-order valence-electron chi connectivity index (χ1n) is 7.59. The number of carbonyl (C=O) groups excluding carboxylic acids is 2. The summed E-state index contributed by atoms with van der Waals surface area (Å²) >= 11 is 0. The van der Waals surface area contributed by atoms with E-state index in [1.807, 2.05) is 0 Å². The van der Waals surface area contributed by atoms with E-state index in [-0.39, 0.29) is 43.1 Å². The number of halogens is 1. The van der Waals surface area contributed by atoms with Gasteiger partial charge in [-0.2, -0.15) is 0 Å². The molecule has 6 heteroatoms.